The Morgan fingerprint density at radius 1 is 1.03 bits per heavy atom. The van der Waals surface area contributed by atoms with Crippen molar-refractivity contribution in [1.82, 2.24) is 9.71 Å². The zero-order valence-electron chi connectivity index (χ0n) is 14.9. The summed E-state index contributed by atoms with van der Waals surface area (Å²) >= 11 is 0. The van der Waals surface area contributed by atoms with Gasteiger partial charge < -0.3 is 4.74 Å². The van der Waals surface area contributed by atoms with Crippen molar-refractivity contribution >= 4 is 20.9 Å². The number of ether oxygens (including phenoxy) is 1. The van der Waals surface area contributed by atoms with E-state index in [4.69, 9.17) is 4.74 Å². The highest BCUT2D eigenvalue weighted by atomic mass is 32.2. The summed E-state index contributed by atoms with van der Waals surface area (Å²) in [5.41, 5.74) is -0.470. The van der Waals surface area contributed by atoms with E-state index in [0.717, 1.165) is 12.1 Å². The van der Waals surface area contributed by atoms with Crippen LogP contribution < -0.4 is 9.46 Å². The molecule has 5 nitrogen and oxygen atoms in total. The van der Waals surface area contributed by atoms with E-state index in [9.17, 15) is 21.6 Å². The number of benzene rings is 2. The van der Waals surface area contributed by atoms with Crippen LogP contribution in [0.1, 0.15) is 5.56 Å². The van der Waals surface area contributed by atoms with Gasteiger partial charge >= 0.3 is 6.18 Å². The van der Waals surface area contributed by atoms with Gasteiger partial charge in [0, 0.05) is 11.6 Å². The van der Waals surface area contributed by atoms with E-state index in [0.29, 0.717) is 10.9 Å². The van der Waals surface area contributed by atoms with Gasteiger partial charge in [-0.1, -0.05) is 36.1 Å². The number of hydrogen-bond donors (Lipinski definition) is 1. The van der Waals surface area contributed by atoms with E-state index in [1.54, 1.807) is 24.3 Å². The summed E-state index contributed by atoms with van der Waals surface area (Å²) in [6, 6.07) is 12.7. The Bertz CT molecular complexity index is 1180. The van der Waals surface area contributed by atoms with Crippen LogP contribution in [0.15, 0.2) is 65.7 Å². The molecule has 0 bridgehead atoms. The Kier molecular flexibility index (Phi) is 6.06. The second-order valence-corrected chi connectivity index (χ2v) is 7.56. The molecule has 1 N–H and O–H groups in total. The number of nitrogens with zero attached hydrogens (tertiary/aromatic N) is 1. The Hall–Kier alpha value is -3.09. The zero-order chi connectivity index (χ0) is 20.9. The van der Waals surface area contributed by atoms with Crippen molar-refractivity contribution in [3.63, 3.8) is 0 Å². The van der Waals surface area contributed by atoms with Crippen LogP contribution >= 0.6 is 0 Å². The zero-order valence-corrected chi connectivity index (χ0v) is 15.7. The normalized spacial score (nSPS) is 11.7. The van der Waals surface area contributed by atoms with E-state index < -0.39 is 21.8 Å². The largest absolute Gasteiger partial charge is 0.481 e. The molecule has 0 saturated heterocycles. The van der Waals surface area contributed by atoms with Crippen LogP contribution in [-0.4, -0.2) is 26.6 Å². The molecule has 2 aromatic carbocycles. The third-order valence-corrected chi connectivity index (χ3v) is 5.27. The number of rotatable bonds is 5. The maximum Gasteiger partial charge on any atom is 0.416 e. The smallest absolute Gasteiger partial charge is 0.416 e. The van der Waals surface area contributed by atoms with E-state index in [2.05, 4.69) is 21.5 Å². The second-order valence-electron chi connectivity index (χ2n) is 5.82. The molecule has 1 heterocycles. The number of fused-ring (bicyclic) bond motifs is 1. The molecule has 0 radical (unpaired) electrons. The lowest BCUT2D eigenvalue weighted by molar-refractivity contribution is -0.137. The number of para-hydroxylation sites is 1. The number of sulfonamides is 1. The lowest BCUT2D eigenvalue weighted by Gasteiger charge is -2.08. The van der Waals surface area contributed by atoms with Gasteiger partial charge in [0.05, 0.1) is 17.6 Å². The van der Waals surface area contributed by atoms with Crippen molar-refractivity contribution in [1.29, 1.82) is 0 Å². The van der Waals surface area contributed by atoms with Gasteiger partial charge in [-0.05, 0) is 30.3 Å². The molecular formula is C20H15F3N2O3S. The summed E-state index contributed by atoms with van der Waals surface area (Å²) in [6.07, 6.45) is -2.95. The van der Waals surface area contributed by atoms with Crippen molar-refractivity contribution in [2.75, 3.05) is 13.2 Å². The number of halogens is 3. The average Bonchev–Trinajstić information content (AvgIpc) is 2.69. The molecule has 0 saturated carbocycles. The minimum absolute atomic E-state index is 0.0246. The molecule has 3 rings (SSSR count). The highest BCUT2D eigenvalue weighted by Gasteiger charge is 2.30. The van der Waals surface area contributed by atoms with Gasteiger partial charge in [0.25, 0.3) is 0 Å². The van der Waals surface area contributed by atoms with Crippen molar-refractivity contribution in [3.05, 3.63) is 66.4 Å². The molecule has 150 valence electrons. The van der Waals surface area contributed by atoms with Crippen LogP contribution in [0.2, 0.25) is 0 Å². The topological polar surface area (TPSA) is 68.3 Å². The van der Waals surface area contributed by atoms with Crippen molar-refractivity contribution in [2.24, 2.45) is 0 Å². The second kappa shape index (κ2) is 8.51. The summed E-state index contributed by atoms with van der Waals surface area (Å²) in [5, 5.41) is 0.691. The van der Waals surface area contributed by atoms with Crippen LogP contribution in [0.25, 0.3) is 10.9 Å². The molecular weight excluding hydrogens is 405 g/mol. The summed E-state index contributed by atoms with van der Waals surface area (Å²) in [7, 11) is -3.83. The number of hydrogen-bond acceptors (Lipinski definition) is 4. The summed E-state index contributed by atoms with van der Waals surface area (Å²) in [5.74, 6) is 5.15. The number of aromatic nitrogens is 1. The molecule has 0 atom stereocenters. The SMILES string of the molecule is O=S(=O)(NCC#CCOc1cccc(C(F)(F)F)c1)c1cccc2cccnc12. The quantitative estimate of drug-likeness (QED) is 0.641. The first-order valence-corrected chi connectivity index (χ1v) is 9.85. The molecule has 0 amide bonds. The standard InChI is InChI=1S/C20H15F3N2O3S/c21-20(22,23)16-8-4-9-17(14-16)28-13-2-1-12-25-29(26,27)18-10-3-6-15-7-5-11-24-19(15)18/h3-11,14,25H,12-13H2. The van der Waals surface area contributed by atoms with Gasteiger partial charge in [0.1, 0.15) is 17.3 Å². The summed E-state index contributed by atoms with van der Waals surface area (Å²) in [6.45, 7) is -0.365. The van der Waals surface area contributed by atoms with Gasteiger partial charge in [-0.25, -0.2) is 8.42 Å². The van der Waals surface area contributed by atoms with Gasteiger partial charge in [0.2, 0.25) is 10.0 Å². The van der Waals surface area contributed by atoms with Crippen LogP contribution in [0, 0.1) is 11.8 Å². The fraction of sp³-hybridized carbons (Fsp3) is 0.150. The highest BCUT2D eigenvalue weighted by molar-refractivity contribution is 7.89. The molecule has 0 spiro atoms. The highest BCUT2D eigenvalue weighted by Crippen LogP contribution is 2.31. The fourth-order valence-electron chi connectivity index (χ4n) is 2.50. The van der Waals surface area contributed by atoms with Gasteiger partial charge in [-0.2, -0.15) is 17.9 Å². The van der Waals surface area contributed by atoms with E-state index in [1.807, 2.05) is 0 Å². The van der Waals surface area contributed by atoms with Crippen molar-refractivity contribution in [2.45, 2.75) is 11.1 Å². The fourth-order valence-corrected chi connectivity index (χ4v) is 3.60. The minimum Gasteiger partial charge on any atom is -0.481 e. The van der Waals surface area contributed by atoms with E-state index >= 15 is 0 Å². The van der Waals surface area contributed by atoms with Gasteiger partial charge in [0.15, 0.2) is 0 Å². The molecule has 0 fully saturated rings. The Labute approximate surface area is 165 Å². The summed E-state index contributed by atoms with van der Waals surface area (Å²) < 4.78 is 70.4. The Morgan fingerprint density at radius 2 is 1.79 bits per heavy atom. The maximum atomic E-state index is 12.7. The van der Waals surface area contributed by atoms with Crippen molar-refractivity contribution < 1.29 is 26.3 Å². The van der Waals surface area contributed by atoms with Crippen LogP contribution in [0.3, 0.4) is 0 Å². The third kappa shape index (κ3) is 5.25. The third-order valence-electron chi connectivity index (χ3n) is 3.83. The average molecular weight is 420 g/mol. The molecule has 0 unspecified atom stereocenters. The lowest BCUT2D eigenvalue weighted by atomic mass is 10.2. The molecule has 3 aromatic rings. The Morgan fingerprint density at radius 3 is 2.59 bits per heavy atom. The lowest BCUT2D eigenvalue weighted by Crippen LogP contribution is -2.24. The monoisotopic (exact) mass is 420 g/mol. The molecule has 29 heavy (non-hydrogen) atoms. The van der Waals surface area contributed by atoms with Gasteiger partial charge in [-0.15, -0.1) is 0 Å². The van der Waals surface area contributed by atoms with E-state index in [-0.39, 0.29) is 23.8 Å². The number of nitrogens with one attached hydrogen (secondary N) is 1. The minimum atomic E-state index is -4.46. The van der Waals surface area contributed by atoms with Crippen molar-refractivity contribution in [3.8, 4) is 17.6 Å². The predicted molar refractivity (Wildman–Crippen MR) is 102 cm³/mol. The van der Waals surface area contributed by atoms with Crippen LogP contribution in [0.5, 0.6) is 5.75 Å². The predicted octanol–water partition coefficient (Wildman–Crippen LogP) is 3.61. The molecule has 1 aromatic heterocycles. The molecule has 0 aliphatic heterocycles. The summed E-state index contributed by atoms with van der Waals surface area (Å²) in [4.78, 5) is 4.15. The number of pyridine rings is 1. The van der Waals surface area contributed by atoms with E-state index in [1.165, 1.54) is 24.4 Å². The molecule has 0 aliphatic carbocycles. The first-order valence-electron chi connectivity index (χ1n) is 8.36. The first kappa shape index (κ1) is 20.6. The Balaban J connectivity index is 1.59. The number of alkyl halides is 3. The first-order chi connectivity index (χ1) is 13.8. The van der Waals surface area contributed by atoms with Gasteiger partial charge in [-0.3, -0.25) is 4.98 Å². The van der Waals surface area contributed by atoms with Crippen LogP contribution in [-0.2, 0) is 16.2 Å². The molecule has 9 heteroatoms. The molecule has 0 aliphatic rings. The van der Waals surface area contributed by atoms with Crippen LogP contribution in [0.4, 0.5) is 13.2 Å². The maximum absolute atomic E-state index is 12.7.